The van der Waals surface area contributed by atoms with Crippen LogP contribution in [0.3, 0.4) is 0 Å². The fourth-order valence-corrected chi connectivity index (χ4v) is 12.3. The summed E-state index contributed by atoms with van der Waals surface area (Å²) in [5, 5.41) is 40.4. The summed E-state index contributed by atoms with van der Waals surface area (Å²) < 4.78 is 0. The average molecular weight is 1140 g/mol. The second-order valence-corrected chi connectivity index (χ2v) is 27.4. The molecule has 4 rings (SSSR count). The summed E-state index contributed by atoms with van der Waals surface area (Å²) in [4.78, 5) is 0. The van der Waals surface area contributed by atoms with E-state index in [1.165, 1.54) is 83.6 Å². The van der Waals surface area contributed by atoms with Crippen LogP contribution in [0.1, 0.15) is 183 Å². The fraction of sp³-hybridized carbons (Fsp3) is 0.450. The van der Waals surface area contributed by atoms with Crippen LogP contribution >= 0.6 is 0 Å². The first-order valence-electron chi connectivity index (χ1n) is 30.9. The Morgan fingerprint density at radius 2 is 0.607 bits per heavy atom. The maximum absolute atomic E-state index is 10.1. The van der Waals surface area contributed by atoms with Gasteiger partial charge in [0, 0.05) is 5.92 Å². The van der Waals surface area contributed by atoms with Crippen LogP contribution in [0.5, 0.6) is 0 Å². The number of rotatable bonds is 20. The molecule has 0 saturated carbocycles. The zero-order chi connectivity index (χ0) is 63.0. The third kappa shape index (κ3) is 26.2. The van der Waals surface area contributed by atoms with Crippen molar-refractivity contribution in [2.75, 3.05) is 0 Å². The lowest BCUT2D eigenvalue weighted by Crippen LogP contribution is -2.32. The predicted molar refractivity (Wildman–Crippen MR) is 368 cm³/mol. The highest BCUT2D eigenvalue weighted by Gasteiger charge is 2.35. The van der Waals surface area contributed by atoms with Gasteiger partial charge in [0.15, 0.2) is 0 Å². The number of aliphatic hydroxyl groups is 4. The van der Waals surface area contributed by atoms with Crippen molar-refractivity contribution in [2.24, 2.45) is 27.6 Å². The van der Waals surface area contributed by atoms with Gasteiger partial charge in [-0.15, -0.1) is 0 Å². The minimum atomic E-state index is -0.331. The second-order valence-electron chi connectivity index (χ2n) is 27.4. The van der Waals surface area contributed by atoms with Crippen molar-refractivity contribution in [3.8, 4) is 0 Å². The largest absolute Gasteiger partial charge is 0.393 e. The molecule has 0 aliphatic heterocycles. The first kappa shape index (κ1) is 72.4. The summed E-state index contributed by atoms with van der Waals surface area (Å²) in [6.07, 6.45) is 66.4. The molecule has 0 saturated heterocycles. The summed E-state index contributed by atoms with van der Waals surface area (Å²) in [6, 6.07) is 0. The van der Waals surface area contributed by atoms with Crippen LogP contribution in [-0.4, -0.2) is 44.8 Å². The molecule has 84 heavy (non-hydrogen) atoms. The van der Waals surface area contributed by atoms with Gasteiger partial charge in [-0.05, 0) is 166 Å². The van der Waals surface area contributed by atoms with E-state index in [2.05, 4.69) is 309 Å². The summed E-state index contributed by atoms with van der Waals surface area (Å²) in [5.41, 5.74) is 18.8. The zero-order valence-corrected chi connectivity index (χ0v) is 55.9. The van der Waals surface area contributed by atoms with E-state index in [0.29, 0.717) is 5.92 Å². The van der Waals surface area contributed by atoms with E-state index < -0.39 is 0 Å². The quantitative estimate of drug-likeness (QED) is 0.0723. The Bertz CT molecular complexity index is 2860. The van der Waals surface area contributed by atoms with Gasteiger partial charge < -0.3 is 20.4 Å². The zero-order valence-electron chi connectivity index (χ0n) is 55.9. The van der Waals surface area contributed by atoms with E-state index in [1.54, 1.807) is 0 Å². The third-order valence-electron chi connectivity index (χ3n) is 16.6. The monoisotopic (exact) mass is 1140 g/mol. The number of hydrogen-bond donors (Lipinski definition) is 4. The second kappa shape index (κ2) is 34.3. The lowest BCUT2D eigenvalue weighted by Gasteiger charge is -2.38. The number of aliphatic hydroxyl groups excluding tert-OH is 4. The van der Waals surface area contributed by atoms with E-state index in [4.69, 9.17) is 0 Å². The summed E-state index contributed by atoms with van der Waals surface area (Å²) in [5.74, 6) is 0.348. The van der Waals surface area contributed by atoms with Gasteiger partial charge in [0.1, 0.15) is 0 Å². The Labute approximate surface area is 513 Å². The molecule has 0 aromatic rings. The average Bonchev–Trinajstić information content (AvgIpc) is 2.39. The van der Waals surface area contributed by atoms with Crippen molar-refractivity contribution in [1.82, 2.24) is 0 Å². The Hall–Kier alpha value is -5.88. The summed E-state index contributed by atoms with van der Waals surface area (Å²) in [7, 11) is 0. The standard InChI is InChI=1S/2C40H56O2/c2*1-29(17-13-19-31(3)21-23-37-33(5)25-35(41)27-39(37,7)8)15-11-12-16-30(2)18-14-20-32(4)22-24-38-34(6)26-36(42)28-40(38,9)10/h11-24,35-36,41-42H,25-28H2,1-10H3;11-25,35-37,41-42H,26-28H2,1-10H3/b2*12-11+,17-13+,18-14+,23-21+,24-22+,29-15+,30-16+,31-19+,32-20+/t35-,36-;35-,36+,37-/m10/s1. The molecule has 0 heterocycles. The highest BCUT2D eigenvalue weighted by atomic mass is 16.3. The van der Waals surface area contributed by atoms with Crippen molar-refractivity contribution in [1.29, 1.82) is 0 Å². The number of allylic oxidation sites excluding steroid dienone is 40. The molecule has 0 bridgehead atoms. The van der Waals surface area contributed by atoms with E-state index >= 15 is 0 Å². The van der Waals surface area contributed by atoms with Gasteiger partial charge in [0.25, 0.3) is 0 Å². The third-order valence-corrected chi connectivity index (χ3v) is 16.6. The van der Waals surface area contributed by atoms with Crippen LogP contribution in [0.4, 0.5) is 0 Å². The fourth-order valence-electron chi connectivity index (χ4n) is 12.3. The van der Waals surface area contributed by atoms with Gasteiger partial charge in [-0.2, -0.15) is 0 Å². The molecule has 0 spiro atoms. The Kier molecular flexibility index (Phi) is 29.6. The van der Waals surface area contributed by atoms with Crippen LogP contribution in [0.15, 0.2) is 260 Å². The topological polar surface area (TPSA) is 80.9 Å². The van der Waals surface area contributed by atoms with Crippen molar-refractivity contribution in [3.05, 3.63) is 260 Å². The highest BCUT2D eigenvalue weighted by molar-refractivity contribution is 5.42. The Balaban J connectivity index is 0.000000440. The first-order chi connectivity index (χ1) is 39.2. The van der Waals surface area contributed by atoms with Crippen LogP contribution < -0.4 is 0 Å². The summed E-state index contributed by atoms with van der Waals surface area (Å²) in [6.45, 7) is 43.2. The molecule has 0 aromatic heterocycles. The first-order valence-corrected chi connectivity index (χ1v) is 30.9. The van der Waals surface area contributed by atoms with E-state index in [9.17, 15) is 20.4 Å². The van der Waals surface area contributed by atoms with Gasteiger partial charge in [0.2, 0.25) is 0 Å². The molecule has 0 fully saturated rings. The van der Waals surface area contributed by atoms with Gasteiger partial charge in [0.05, 0.1) is 24.4 Å². The molecular formula is C80H112O4. The van der Waals surface area contributed by atoms with Crippen molar-refractivity contribution in [2.45, 2.75) is 208 Å². The van der Waals surface area contributed by atoms with Gasteiger partial charge >= 0.3 is 0 Å². The van der Waals surface area contributed by atoms with Gasteiger partial charge in [-0.1, -0.05) is 298 Å². The summed E-state index contributed by atoms with van der Waals surface area (Å²) >= 11 is 0. The maximum atomic E-state index is 10.1. The Morgan fingerprint density at radius 3 is 0.869 bits per heavy atom. The molecule has 4 N–H and O–H groups in total. The van der Waals surface area contributed by atoms with Crippen molar-refractivity contribution < 1.29 is 20.4 Å². The minimum absolute atomic E-state index is 0.00528. The van der Waals surface area contributed by atoms with E-state index in [0.717, 1.165) is 44.9 Å². The normalized spacial score (nSPS) is 25.8. The van der Waals surface area contributed by atoms with E-state index in [1.807, 2.05) is 6.08 Å². The molecule has 4 heteroatoms. The molecule has 0 amide bonds. The molecule has 4 aliphatic carbocycles. The molecule has 4 nitrogen and oxygen atoms in total. The van der Waals surface area contributed by atoms with Crippen LogP contribution in [-0.2, 0) is 0 Å². The molecule has 0 unspecified atom stereocenters. The molecule has 5 atom stereocenters. The van der Waals surface area contributed by atoms with E-state index in [-0.39, 0.29) is 46.1 Å². The minimum Gasteiger partial charge on any atom is -0.393 e. The molecular weight excluding hydrogens is 1020 g/mol. The van der Waals surface area contributed by atoms with Crippen LogP contribution in [0.25, 0.3) is 0 Å². The Morgan fingerprint density at radius 1 is 0.357 bits per heavy atom. The highest BCUT2D eigenvalue weighted by Crippen LogP contribution is 2.44. The lowest BCUT2D eigenvalue weighted by molar-refractivity contribution is 0.116. The van der Waals surface area contributed by atoms with Crippen molar-refractivity contribution >= 4 is 0 Å². The number of hydrogen-bond acceptors (Lipinski definition) is 4. The molecule has 0 aromatic carbocycles. The van der Waals surface area contributed by atoms with Crippen molar-refractivity contribution in [3.63, 3.8) is 0 Å². The van der Waals surface area contributed by atoms with Gasteiger partial charge in [-0.25, -0.2) is 0 Å². The van der Waals surface area contributed by atoms with Gasteiger partial charge in [-0.3, -0.25) is 0 Å². The van der Waals surface area contributed by atoms with Crippen LogP contribution in [0, 0.1) is 27.6 Å². The smallest absolute Gasteiger partial charge is 0.0729 e. The molecule has 0 radical (unpaired) electrons. The maximum Gasteiger partial charge on any atom is 0.0729 e. The molecule has 4 aliphatic rings. The predicted octanol–water partition coefficient (Wildman–Crippen LogP) is 21.0. The molecule has 456 valence electrons. The van der Waals surface area contributed by atoms with Crippen LogP contribution in [0.2, 0.25) is 0 Å². The SMILES string of the molecule is CC1=C(/C=C/C(C)=C/C=C/C(C)=C/C=C/C=C(C)/C=C/C=C(C)/C=C/C2=C(C)C[C@@H](O)CC2(C)C)C(C)(C)C[C@H](O)C1.CC1=C[C@H](O)CC(C)(C)[C@H]1/C=C/C(C)=C/C=C/C(C)=C/C=C/C=C(C)/C=C/C=C(C)/C=C/C1=C(C)C[C@@H](O)CC1(C)C. The lowest BCUT2D eigenvalue weighted by atomic mass is 9.67.